The predicted octanol–water partition coefficient (Wildman–Crippen LogP) is -0.389. The Labute approximate surface area is 94.3 Å². The molecule has 88 valence electrons. The Kier molecular flexibility index (Phi) is 5.27. The van der Waals surface area contributed by atoms with Crippen LogP contribution in [0.1, 0.15) is 10.4 Å². The molecule has 0 aliphatic rings. The first kappa shape index (κ1) is 12.4. The number of rotatable bonds is 6. The van der Waals surface area contributed by atoms with Gasteiger partial charge in [0.25, 0.3) is 5.91 Å². The van der Waals surface area contributed by atoms with Crippen molar-refractivity contribution in [1.29, 1.82) is 0 Å². The number of hydrogen-bond acceptors (Lipinski definition) is 5. The second-order valence-electron chi connectivity index (χ2n) is 2.94. The van der Waals surface area contributed by atoms with Gasteiger partial charge in [0, 0.05) is 12.6 Å². The molecule has 0 aliphatic heterocycles. The average molecular weight is 224 g/mol. The molecule has 6 heteroatoms. The normalized spacial score (nSPS) is 9.88. The summed E-state index contributed by atoms with van der Waals surface area (Å²) < 4.78 is 5.32. The number of ether oxygens (including phenoxy) is 1. The molecular formula is C10H16N4O2. The van der Waals surface area contributed by atoms with Gasteiger partial charge in [-0.05, 0) is 31.3 Å². The van der Waals surface area contributed by atoms with Crippen LogP contribution in [-0.2, 0) is 0 Å². The number of hydrogen-bond donors (Lipinski definition) is 4. The fraction of sp³-hybridized carbons (Fsp3) is 0.300. The molecule has 0 spiro atoms. The molecule has 16 heavy (non-hydrogen) atoms. The molecule has 0 saturated carbocycles. The molecule has 1 aromatic rings. The van der Waals surface area contributed by atoms with Gasteiger partial charge < -0.3 is 4.74 Å². The molecular weight excluding hydrogens is 208 g/mol. The molecule has 1 amide bonds. The zero-order valence-electron chi connectivity index (χ0n) is 9.33. The summed E-state index contributed by atoms with van der Waals surface area (Å²) in [6.07, 6.45) is 0. The minimum absolute atomic E-state index is 0.178. The summed E-state index contributed by atoms with van der Waals surface area (Å²) >= 11 is 0. The molecule has 0 bridgehead atoms. The number of nitrogens with one attached hydrogen (secondary N) is 4. The number of carbonyl (C=O) groups excluding carboxylic acids is 1. The minimum Gasteiger partial charge on any atom is -0.477 e. The largest absolute Gasteiger partial charge is 0.477 e. The van der Waals surface area contributed by atoms with Gasteiger partial charge in [0.1, 0.15) is 5.75 Å². The maximum Gasteiger partial charge on any atom is 0.265 e. The lowest BCUT2D eigenvalue weighted by Gasteiger charge is -2.07. The van der Waals surface area contributed by atoms with Crippen LogP contribution >= 0.6 is 0 Å². The Bertz CT molecular complexity index is 326. The highest BCUT2D eigenvalue weighted by atomic mass is 16.5. The molecule has 0 saturated heterocycles. The van der Waals surface area contributed by atoms with Gasteiger partial charge >= 0.3 is 0 Å². The van der Waals surface area contributed by atoms with Crippen molar-refractivity contribution in [2.75, 3.05) is 20.8 Å². The first-order valence-corrected chi connectivity index (χ1v) is 4.87. The van der Waals surface area contributed by atoms with Gasteiger partial charge in [-0.1, -0.05) is 0 Å². The quantitative estimate of drug-likeness (QED) is 0.301. The summed E-state index contributed by atoms with van der Waals surface area (Å²) in [7, 11) is 3.40. The molecule has 4 N–H and O–H groups in total. The summed E-state index contributed by atoms with van der Waals surface area (Å²) in [5.41, 5.74) is 11.2. The fourth-order valence-electron chi connectivity index (χ4n) is 1.08. The third-order valence-electron chi connectivity index (χ3n) is 1.84. The molecule has 6 nitrogen and oxygen atoms in total. The first-order chi connectivity index (χ1) is 7.77. The van der Waals surface area contributed by atoms with E-state index >= 15 is 0 Å². The van der Waals surface area contributed by atoms with E-state index < -0.39 is 0 Å². The smallest absolute Gasteiger partial charge is 0.265 e. The lowest BCUT2D eigenvalue weighted by Crippen LogP contribution is -2.34. The van der Waals surface area contributed by atoms with Gasteiger partial charge in [0.2, 0.25) is 0 Å². The van der Waals surface area contributed by atoms with Crippen LogP contribution in [0.3, 0.4) is 0 Å². The summed E-state index contributed by atoms with van der Waals surface area (Å²) in [4.78, 5) is 11.4. The summed E-state index contributed by atoms with van der Waals surface area (Å²) in [5.74, 6) is 0.520. The van der Waals surface area contributed by atoms with Crippen LogP contribution in [0.4, 0.5) is 0 Å². The predicted molar refractivity (Wildman–Crippen MR) is 60.7 cm³/mol. The highest BCUT2D eigenvalue weighted by Gasteiger charge is 2.03. The Morgan fingerprint density at radius 1 is 1.19 bits per heavy atom. The van der Waals surface area contributed by atoms with Gasteiger partial charge in [0.15, 0.2) is 6.73 Å². The minimum atomic E-state index is -0.178. The van der Waals surface area contributed by atoms with E-state index in [9.17, 15) is 4.79 Å². The van der Waals surface area contributed by atoms with Gasteiger partial charge in [-0.25, -0.2) is 10.9 Å². The topological polar surface area (TPSA) is 74.4 Å². The lowest BCUT2D eigenvalue weighted by molar-refractivity contribution is 0.0938. The van der Waals surface area contributed by atoms with Gasteiger partial charge in [-0.3, -0.25) is 15.6 Å². The summed E-state index contributed by atoms with van der Waals surface area (Å²) in [6.45, 7) is 0.360. The van der Waals surface area contributed by atoms with Crippen molar-refractivity contribution in [3.8, 4) is 5.75 Å². The summed E-state index contributed by atoms with van der Waals surface area (Å²) in [6, 6.07) is 6.87. The number of amides is 1. The highest BCUT2D eigenvalue weighted by molar-refractivity contribution is 5.93. The third kappa shape index (κ3) is 3.85. The molecule has 0 fully saturated rings. The van der Waals surface area contributed by atoms with Crippen LogP contribution in [0.5, 0.6) is 5.75 Å². The van der Waals surface area contributed by atoms with Crippen molar-refractivity contribution >= 4 is 5.91 Å². The van der Waals surface area contributed by atoms with Crippen LogP contribution in [-0.4, -0.2) is 26.7 Å². The maximum absolute atomic E-state index is 11.4. The summed E-state index contributed by atoms with van der Waals surface area (Å²) in [5, 5.41) is 0. The van der Waals surface area contributed by atoms with Crippen molar-refractivity contribution in [1.82, 2.24) is 21.7 Å². The molecule has 0 radical (unpaired) electrons. The average Bonchev–Trinajstić information content (AvgIpc) is 2.30. The van der Waals surface area contributed by atoms with Crippen LogP contribution in [0.25, 0.3) is 0 Å². The molecule has 0 unspecified atom stereocenters. The molecule has 1 aromatic carbocycles. The van der Waals surface area contributed by atoms with E-state index in [1.807, 2.05) is 0 Å². The van der Waals surface area contributed by atoms with Crippen LogP contribution in [0, 0.1) is 0 Å². The zero-order chi connectivity index (χ0) is 11.8. The monoisotopic (exact) mass is 224 g/mol. The fourth-order valence-corrected chi connectivity index (χ4v) is 1.08. The van der Waals surface area contributed by atoms with E-state index in [1.165, 1.54) is 0 Å². The Morgan fingerprint density at radius 2 is 1.88 bits per heavy atom. The molecule has 0 aliphatic carbocycles. The standard InChI is InChI=1S/C10H16N4O2/c1-11-13-7-16-9-5-3-8(4-6-9)10(15)14-12-2/h3-6,11-13H,7H2,1-2H3,(H,14,15). The Balaban J connectivity index is 2.50. The number of carbonyl (C=O) groups is 1. The molecule has 0 aromatic heterocycles. The lowest BCUT2D eigenvalue weighted by atomic mass is 10.2. The van der Waals surface area contributed by atoms with E-state index in [4.69, 9.17) is 4.74 Å². The van der Waals surface area contributed by atoms with Crippen molar-refractivity contribution in [2.45, 2.75) is 0 Å². The van der Waals surface area contributed by atoms with Crippen molar-refractivity contribution in [3.05, 3.63) is 29.8 Å². The van der Waals surface area contributed by atoms with E-state index in [1.54, 1.807) is 38.4 Å². The SMILES string of the molecule is CNNCOc1ccc(C(=O)NNC)cc1. The molecule has 0 heterocycles. The highest BCUT2D eigenvalue weighted by Crippen LogP contribution is 2.11. The second kappa shape index (κ2) is 6.78. The van der Waals surface area contributed by atoms with E-state index in [-0.39, 0.29) is 5.91 Å². The van der Waals surface area contributed by atoms with Crippen molar-refractivity contribution in [3.63, 3.8) is 0 Å². The first-order valence-electron chi connectivity index (χ1n) is 4.87. The van der Waals surface area contributed by atoms with Gasteiger partial charge in [-0.2, -0.15) is 0 Å². The van der Waals surface area contributed by atoms with E-state index in [2.05, 4.69) is 21.7 Å². The van der Waals surface area contributed by atoms with E-state index in [0.29, 0.717) is 18.0 Å². The Morgan fingerprint density at radius 3 is 2.44 bits per heavy atom. The second-order valence-corrected chi connectivity index (χ2v) is 2.94. The Hall–Kier alpha value is -1.63. The van der Waals surface area contributed by atoms with Crippen LogP contribution in [0.2, 0.25) is 0 Å². The van der Waals surface area contributed by atoms with Crippen molar-refractivity contribution in [2.24, 2.45) is 0 Å². The van der Waals surface area contributed by atoms with Crippen LogP contribution < -0.4 is 26.4 Å². The zero-order valence-corrected chi connectivity index (χ0v) is 9.33. The maximum atomic E-state index is 11.4. The number of benzene rings is 1. The molecule has 0 atom stereocenters. The van der Waals surface area contributed by atoms with Crippen molar-refractivity contribution < 1.29 is 9.53 Å². The van der Waals surface area contributed by atoms with Crippen LogP contribution in [0.15, 0.2) is 24.3 Å². The van der Waals surface area contributed by atoms with Gasteiger partial charge in [-0.15, -0.1) is 0 Å². The van der Waals surface area contributed by atoms with E-state index in [0.717, 1.165) is 0 Å². The number of hydrazine groups is 2. The third-order valence-corrected chi connectivity index (χ3v) is 1.84. The van der Waals surface area contributed by atoms with Gasteiger partial charge in [0.05, 0.1) is 0 Å². The molecule has 1 rings (SSSR count).